The second-order valence-corrected chi connectivity index (χ2v) is 5.73. The third-order valence-electron chi connectivity index (χ3n) is 4.29. The Morgan fingerprint density at radius 2 is 2.00 bits per heavy atom. The molecule has 1 fully saturated rings. The molecule has 1 aliphatic rings. The van der Waals surface area contributed by atoms with Crippen LogP contribution in [0.15, 0.2) is 36.5 Å². The monoisotopic (exact) mass is 286 g/mol. The van der Waals surface area contributed by atoms with Crippen LogP contribution in [0, 0.1) is 11.8 Å². The lowest BCUT2D eigenvalue weighted by Crippen LogP contribution is -2.26. The van der Waals surface area contributed by atoms with Crippen LogP contribution in [-0.4, -0.2) is 33.3 Å². The minimum atomic E-state index is 0.316. The maximum atomic E-state index is 9.33. The molecule has 1 aromatic carbocycles. The number of rotatable bonds is 6. The first-order valence-corrected chi connectivity index (χ1v) is 7.65. The number of para-hydroxylation sites is 1. The van der Waals surface area contributed by atoms with Crippen molar-refractivity contribution in [3.8, 4) is 5.69 Å². The largest absolute Gasteiger partial charge is 0.396 e. The van der Waals surface area contributed by atoms with Gasteiger partial charge in [0.15, 0.2) is 0 Å². The number of hydrogen-bond acceptors (Lipinski definition) is 4. The van der Waals surface area contributed by atoms with E-state index in [4.69, 9.17) is 0 Å². The molecule has 5 nitrogen and oxygen atoms in total. The fourth-order valence-corrected chi connectivity index (χ4v) is 3.07. The Hall–Kier alpha value is -1.72. The van der Waals surface area contributed by atoms with Gasteiger partial charge in [0.05, 0.1) is 17.6 Å². The summed E-state index contributed by atoms with van der Waals surface area (Å²) in [7, 11) is 0. The van der Waals surface area contributed by atoms with Gasteiger partial charge in [-0.05, 0) is 43.4 Å². The maximum Gasteiger partial charge on any atom is 0.0969 e. The number of hydrogen-bond donors (Lipinski definition) is 2. The number of nitrogens with one attached hydrogen (secondary N) is 1. The van der Waals surface area contributed by atoms with E-state index in [1.54, 1.807) is 11.0 Å². The SMILES string of the molecule is OCC1CCCC1CNCc1cnn(-c2ccccc2)n1. The average Bonchev–Trinajstić information content (AvgIpc) is 3.17. The average molecular weight is 286 g/mol. The van der Waals surface area contributed by atoms with Crippen LogP contribution < -0.4 is 5.32 Å². The molecule has 0 radical (unpaired) electrons. The van der Waals surface area contributed by atoms with Crippen molar-refractivity contribution < 1.29 is 5.11 Å². The van der Waals surface area contributed by atoms with Crippen molar-refractivity contribution in [2.45, 2.75) is 25.8 Å². The van der Waals surface area contributed by atoms with E-state index in [9.17, 15) is 5.11 Å². The standard InChI is InChI=1S/C16H22N4O/c21-12-14-6-4-5-13(14)9-17-10-15-11-18-20(19-15)16-7-2-1-3-8-16/h1-3,7-8,11,13-14,17,21H,4-6,9-10,12H2. The van der Waals surface area contributed by atoms with Gasteiger partial charge in [0.2, 0.25) is 0 Å². The maximum absolute atomic E-state index is 9.33. The third-order valence-corrected chi connectivity index (χ3v) is 4.29. The van der Waals surface area contributed by atoms with Crippen molar-refractivity contribution in [3.05, 3.63) is 42.2 Å². The smallest absolute Gasteiger partial charge is 0.0969 e. The molecule has 1 heterocycles. The predicted octanol–water partition coefficient (Wildman–Crippen LogP) is 1.77. The van der Waals surface area contributed by atoms with E-state index in [2.05, 4.69) is 15.5 Å². The Morgan fingerprint density at radius 3 is 2.81 bits per heavy atom. The molecule has 1 aliphatic carbocycles. The number of aliphatic hydroxyl groups is 1. The Balaban J connectivity index is 1.51. The normalized spacial score (nSPS) is 21.8. The highest BCUT2D eigenvalue weighted by Crippen LogP contribution is 2.30. The van der Waals surface area contributed by atoms with Gasteiger partial charge in [-0.25, -0.2) is 0 Å². The first kappa shape index (κ1) is 14.2. The number of aromatic nitrogens is 3. The van der Waals surface area contributed by atoms with Gasteiger partial charge in [-0.1, -0.05) is 24.6 Å². The van der Waals surface area contributed by atoms with Crippen molar-refractivity contribution >= 4 is 0 Å². The van der Waals surface area contributed by atoms with Gasteiger partial charge in [-0.2, -0.15) is 15.0 Å². The molecular formula is C16H22N4O. The molecule has 0 aliphatic heterocycles. The fourth-order valence-electron chi connectivity index (χ4n) is 3.07. The van der Waals surface area contributed by atoms with Crippen molar-refractivity contribution in [1.29, 1.82) is 0 Å². The molecule has 0 amide bonds. The second-order valence-electron chi connectivity index (χ2n) is 5.73. The minimum Gasteiger partial charge on any atom is -0.396 e. The summed E-state index contributed by atoms with van der Waals surface area (Å²) in [4.78, 5) is 1.66. The first-order chi connectivity index (χ1) is 10.4. The topological polar surface area (TPSA) is 63.0 Å². The molecule has 0 bridgehead atoms. The molecule has 1 saturated carbocycles. The van der Waals surface area contributed by atoms with Crippen LogP contribution in [-0.2, 0) is 6.54 Å². The fraction of sp³-hybridized carbons (Fsp3) is 0.500. The van der Waals surface area contributed by atoms with Gasteiger partial charge in [0, 0.05) is 13.2 Å². The summed E-state index contributed by atoms with van der Waals surface area (Å²) in [6.45, 7) is 1.99. The summed E-state index contributed by atoms with van der Waals surface area (Å²) in [5.74, 6) is 1.07. The minimum absolute atomic E-state index is 0.316. The zero-order chi connectivity index (χ0) is 14.5. The molecule has 2 N–H and O–H groups in total. The van der Waals surface area contributed by atoms with Crippen LogP contribution >= 0.6 is 0 Å². The first-order valence-electron chi connectivity index (χ1n) is 7.65. The van der Waals surface area contributed by atoms with E-state index in [1.807, 2.05) is 30.3 Å². The van der Waals surface area contributed by atoms with Gasteiger partial charge in [0.25, 0.3) is 0 Å². The molecular weight excluding hydrogens is 264 g/mol. The summed E-state index contributed by atoms with van der Waals surface area (Å²) < 4.78 is 0. The number of nitrogens with zero attached hydrogens (tertiary/aromatic N) is 3. The number of aliphatic hydroxyl groups excluding tert-OH is 1. The van der Waals surface area contributed by atoms with Crippen LogP contribution in [0.1, 0.15) is 25.0 Å². The molecule has 5 heteroatoms. The zero-order valence-corrected chi connectivity index (χ0v) is 12.2. The van der Waals surface area contributed by atoms with E-state index in [-0.39, 0.29) is 0 Å². The van der Waals surface area contributed by atoms with Crippen LogP contribution in [0.25, 0.3) is 5.69 Å². The molecule has 112 valence electrons. The lowest BCUT2D eigenvalue weighted by molar-refractivity contribution is 0.192. The Bertz CT molecular complexity index is 554. The van der Waals surface area contributed by atoms with Crippen LogP contribution in [0.3, 0.4) is 0 Å². The van der Waals surface area contributed by atoms with Gasteiger partial charge >= 0.3 is 0 Å². The molecule has 21 heavy (non-hydrogen) atoms. The van der Waals surface area contributed by atoms with E-state index >= 15 is 0 Å². The number of benzene rings is 1. The van der Waals surface area contributed by atoms with Crippen molar-refractivity contribution in [1.82, 2.24) is 20.3 Å². The zero-order valence-electron chi connectivity index (χ0n) is 12.2. The van der Waals surface area contributed by atoms with Gasteiger partial charge in [-0.3, -0.25) is 0 Å². The summed E-state index contributed by atoms with van der Waals surface area (Å²) in [5, 5.41) is 21.5. The Morgan fingerprint density at radius 1 is 1.19 bits per heavy atom. The Kier molecular flexibility index (Phi) is 4.62. The van der Waals surface area contributed by atoms with Crippen molar-refractivity contribution in [2.24, 2.45) is 11.8 Å². The van der Waals surface area contributed by atoms with Crippen LogP contribution in [0.5, 0.6) is 0 Å². The van der Waals surface area contributed by atoms with Gasteiger partial charge in [-0.15, -0.1) is 0 Å². The third kappa shape index (κ3) is 3.49. The molecule has 0 saturated heterocycles. The van der Waals surface area contributed by atoms with E-state index in [1.165, 1.54) is 12.8 Å². The lowest BCUT2D eigenvalue weighted by atomic mass is 9.97. The summed E-state index contributed by atoms with van der Waals surface area (Å²) >= 11 is 0. The highest BCUT2D eigenvalue weighted by atomic mass is 16.3. The van der Waals surface area contributed by atoms with Crippen LogP contribution in [0.2, 0.25) is 0 Å². The van der Waals surface area contributed by atoms with Crippen molar-refractivity contribution in [3.63, 3.8) is 0 Å². The van der Waals surface area contributed by atoms with Gasteiger partial charge in [0.1, 0.15) is 0 Å². The van der Waals surface area contributed by atoms with Gasteiger partial charge < -0.3 is 10.4 Å². The molecule has 3 rings (SSSR count). The second kappa shape index (κ2) is 6.83. The van der Waals surface area contributed by atoms with E-state index in [0.717, 1.165) is 30.9 Å². The lowest BCUT2D eigenvalue weighted by Gasteiger charge is -2.17. The highest BCUT2D eigenvalue weighted by Gasteiger charge is 2.25. The predicted molar refractivity (Wildman–Crippen MR) is 81.0 cm³/mol. The molecule has 2 atom stereocenters. The highest BCUT2D eigenvalue weighted by molar-refractivity contribution is 5.28. The van der Waals surface area contributed by atoms with E-state index in [0.29, 0.717) is 18.4 Å². The summed E-state index contributed by atoms with van der Waals surface area (Å²) in [6.07, 6.45) is 5.42. The molecule has 2 unspecified atom stereocenters. The quantitative estimate of drug-likeness (QED) is 0.849. The molecule has 2 aromatic rings. The van der Waals surface area contributed by atoms with Crippen molar-refractivity contribution in [2.75, 3.05) is 13.2 Å². The summed E-state index contributed by atoms with van der Waals surface area (Å²) in [5.41, 5.74) is 1.91. The molecule has 1 aromatic heterocycles. The van der Waals surface area contributed by atoms with Crippen LogP contribution in [0.4, 0.5) is 0 Å². The Labute approximate surface area is 125 Å². The molecule has 0 spiro atoms. The van der Waals surface area contributed by atoms with E-state index < -0.39 is 0 Å². The summed E-state index contributed by atoms with van der Waals surface area (Å²) in [6, 6.07) is 9.91.